The molecule has 128 valence electrons. The van der Waals surface area contributed by atoms with Crippen LogP contribution in [0, 0.1) is 12.7 Å². The van der Waals surface area contributed by atoms with E-state index in [1.54, 1.807) is 20.0 Å². The number of carbonyl (C=O) groups excluding carboxylic acids is 1. The lowest BCUT2D eigenvalue weighted by molar-refractivity contribution is 0.154. The van der Waals surface area contributed by atoms with Crippen LogP contribution in [0.2, 0.25) is 0 Å². The standard InChI is InChI=1S/C17H26FN3O2/c1-12-9-14(18)6-7-16(12)21-8-4-5-15(10-21)19-17(23)20(3)13(2)11-22/h6-7,9,13,15,22H,4-5,8,10-11H2,1-3H3,(H,19,23). The Hall–Kier alpha value is -1.82. The monoisotopic (exact) mass is 323 g/mol. The van der Waals surface area contributed by atoms with Crippen LogP contribution in [-0.2, 0) is 0 Å². The van der Waals surface area contributed by atoms with E-state index in [4.69, 9.17) is 5.11 Å². The van der Waals surface area contributed by atoms with Gasteiger partial charge in [0.1, 0.15) is 5.82 Å². The van der Waals surface area contributed by atoms with Crippen LogP contribution in [0.1, 0.15) is 25.3 Å². The number of aryl methyl sites for hydroxylation is 1. The third kappa shape index (κ3) is 4.34. The molecule has 1 aromatic carbocycles. The maximum Gasteiger partial charge on any atom is 0.317 e. The molecule has 0 aliphatic carbocycles. The lowest BCUT2D eigenvalue weighted by Crippen LogP contribution is -2.53. The van der Waals surface area contributed by atoms with Crippen molar-refractivity contribution >= 4 is 11.7 Å². The molecule has 1 heterocycles. The Bertz CT molecular complexity index is 553. The Labute approximate surface area is 137 Å². The van der Waals surface area contributed by atoms with Crippen molar-refractivity contribution in [3.8, 4) is 0 Å². The molecule has 2 N–H and O–H groups in total. The van der Waals surface area contributed by atoms with Crippen molar-refractivity contribution in [2.75, 3.05) is 31.6 Å². The quantitative estimate of drug-likeness (QED) is 0.892. The SMILES string of the molecule is Cc1cc(F)ccc1N1CCCC(NC(=O)N(C)C(C)CO)C1. The van der Waals surface area contributed by atoms with Gasteiger partial charge in [0.05, 0.1) is 12.6 Å². The molecule has 1 saturated heterocycles. The molecule has 2 unspecified atom stereocenters. The number of urea groups is 1. The number of likely N-dealkylation sites (N-methyl/N-ethyl adjacent to an activating group) is 1. The first kappa shape index (κ1) is 17.5. The smallest absolute Gasteiger partial charge is 0.317 e. The molecule has 0 bridgehead atoms. The number of piperidine rings is 1. The van der Waals surface area contributed by atoms with Gasteiger partial charge in [0.25, 0.3) is 0 Å². The van der Waals surface area contributed by atoms with Crippen LogP contribution in [0.5, 0.6) is 0 Å². The van der Waals surface area contributed by atoms with E-state index in [2.05, 4.69) is 10.2 Å². The molecule has 0 aromatic heterocycles. The largest absolute Gasteiger partial charge is 0.394 e. The minimum absolute atomic E-state index is 0.0500. The van der Waals surface area contributed by atoms with Crippen LogP contribution >= 0.6 is 0 Å². The molecule has 1 aliphatic heterocycles. The predicted molar refractivity (Wildman–Crippen MR) is 89.2 cm³/mol. The number of nitrogens with one attached hydrogen (secondary N) is 1. The zero-order valence-corrected chi connectivity index (χ0v) is 14.1. The molecular weight excluding hydrogens is 297 g/mol. The summed E-state index contributed by atoms with van der Waals surface area (Å²) in [7, 11) is 1.68. The van der Waals surface area contributed by atoms with E-state index in [0.717, 1.165) is 30.6 Å². The van der Waals surface area contributed by atoms with Gasteiger partial charge in [-0.15, -0.1) is 0 Å². The van der Waals surface area contributed by atoms with Crippen LogP contribution in [0.15, 0.2) is 18.2 Å². The molecule has 1 aliphatic rings. The first-order valence-electron chi connectivity index (χ1n) is 8.07. The van der Waals surface area contributed by atoms with Crippen molar-refractivity contribution in [3.63, 3.8) is 0 Å². The minimum Gasteiger partial charge on any atom is -0.394 e. The Kier molecular flexibility index (Phi) is 5.82. The second-order valence-electron chi connectivity index (χ2n) is 6.31. The average Bonchev–Trinajstić information content (AvgIpc) is 2.53. The van der Waals surface area contributed by atoms with Crippen molar-refractivity contribution in [2.45, 2.75) is 38.8 Å². The highest BCUT2D eigenvalue weighted by Crippen LogP contribution is 2.24. The molecule has 2 amide bonds. The third-order valence-corrected chi connectivity index (χ3v) is 4.49. The van der Waals surface area contributed by atoms with Crippen LogP contribution in [0.4, 0.5) is 14.9 Å². The fourth-order valence-corrected chi connectivity index (χ4v) is 2.89. The summed E-state index contributed by atoms with van der Waals surface area (Å²) in [5, 5.41) is 12.2. The maximum atomic E-state index is 13.3. The lowest BCUT2D eigenvalue weighted by Gasteiger charge is -2.36. The zero-order valence-electron chi connectivity index (χ0n) is 14.1. The Morgan fingerprint density at radius 2 is 2.30 bits per heavy atom. The lowest BCUT2D eigenvalue weighted by atomic mass is 10.0. The van der Waals surface area contributed by atoms with Gasteiger partial charge in [0.15, 0.2) is 0 Å². The molecule has 2 rings (SSSR count). The zero-order chi connectivity index (χ0) is 17.0. The summed E-state index contributed by atoms with van der Waals surface area (Å²) in [5.74, 6) is -0.229. The number of anilines is 1. The Morgan fingerprint density at radius 3 is 2.96 bits per heavy atom. The van der Waals surface area contributed by atoms with E-state index in [1.807, 2.05) is 6.92 Å². The number of aliphatic hydroxyl groups is 1. The summed E-state index contributed by atoms with van der Waals surface area (Å²) in [6, 6.07) is 4.47. The van der Waals surface area contributed by atoms with Crippen LogP contribution < -0.4 is 10.2 Å². The second kappa shape index (κ2) is 7.64. The normalized spacial score (nSPS) is 19.3. The highest BCUT2D eigenvalue weighted by Gasteiger charge is 2.24. The Morgan fingerprint density at radius 1 is 1.57 bits per heavy atom. The number of halogens is 1. The summed E-state index contributed by atoms with van der Waals surface area (Å²) in [6.45, 7) is 5.25. The predicted octanol–water partition coefficient (Wildman–Crippen LogP) is 2.13. The van der Waals surface area contributed by atoms with Crippen LogP contribution in [-0.4, -0.2) is 54.9 Å². The summed E-state index contributed by atoms with van der Waals surface area (Å²) in [4.78, 5) is 15.9. The molecule has 1 fully saturated rings. The van der Waals surface area contributed by atoms with Crippen molar-refractivity contribution < 1.29 is 14.3 Å². The molecule has 23 heavy (non-hydrogen) atoms. The van der Waals surface area contributed by atoms with Crippen molar-refractivity contribution in [3.05, 3.63) is 29.6 Å². The number of hydrogen-bond donors (Lipinski definition) is 2. The van der Waals surface area contributed by atoms with Gasteiger partial charge in [-0.3, -0.25) is 0 Å². The highest BCUT2D eigenvalue weighted by molar-refractivity contribution is 5.74. The van der Waals surface area contributed by atoms with Gasteiger partial charge in [-0.05, 0) is 50.5 Å². The van der Waals surface area contributed by atoms with Gasteiger partial charge >= 0.3 is 6.03 Å². The number of nitrogens with zero attached hydrogens (tertiary/aromatic N) is 2. The third-order valence-electron chi connectivity index (χ3n) is 4.49. The van der Waals surface area contributed by atoms with Crippen LogP contribution in [0.3, 0.4) is 0 Å². The summed E-state index contributed by atoms with van der Waals surface area (Å²) < 4.78 is 13.3. The van der Waals surface area contributed by atoms with Crippen molar-refractivity contribution in [2.24, 2.45) is 0 Å². The molecule has 5 nitrogen and oxygen atoms in total. The van der Waals surface area contributed by atoms with Gasteiger partial charge in [-0.1, -0.05) is 0 Å². The fourth-order valence-electron chi connectivity index (χ4n) is 2.89. The minimum atomic E-state index is -0.229. The first-order chi connectivity index (χ1) is 10.9. The number of hydrogen-bond acceptors (Lipinski definition) is 3. The summed E-state index contributed by atoms with van der Waals surface area (Å²) >= 11 is 0. The van der Waals surface area contributed by atoms with Gasteiger partial charge in [0, 0.05) is 31.9 Å². The molecule has 2 atom stereocenters. The van der Waals surface area contributed by atoms with E-state index in [9.17, 15) is 9.18 Å². The number of benzene rings is 1. The number of aliphatic hydroxyl groups excluding tert-OH is 1. The van der Waals surface area contributed by atoms with Gasteiger partial charge < -0.3 is 20.2 Å². The Balaban J connectivity index is 1.99. The topological polar surface area (TPSA) is 55.8 Å². The van der Waals surface area contributed by atoms with Gasteiger partial charge in [-0.25, -0.2) is 9.18 Å². The molecule has 0 spiro atoms. The molecule has 0 radical (unpaired) electrons. The summed E-state index contributed by atoms with van der Waals surface area (Å²) in [6.07, 6.45) is 1.89. The van der Waals surface area contributed by atoms with E-state index in [1.165, 1.54) is 17.0 Å². The number of carbonyl (C=O) groups is 1. The van der Waals surface area contributed by atoms with E-state index >= 15 is 0 Å². The number of rotatable bonds is 4. The molecular formula is C17H26FN3O2. The second-order valence-corrected chi connectivity index (χ2v) is 6.31. The summed E-state index contributed by atoms with van der Waals surface area (Å²) in [5.41, 5.74) is 1.92. The molecule has 1 aromatic rings. The van der Waals surface area contributed by atoms with Gasteiger partial charge in [0.2, 0.25) is 0 Å². The van der Waals surface area contributed by atoms with E-state index < -0.39 is 0 Å². The van der Waals surface area contributed by atoms with Crippen molar-refractivity contribution in [1.29, 1.82) is 0 Å². The first-order valence-corrected chi connectivity index (χ1v) is 8.07. The molecule has 0 saturated carbocycles. The number of amides is 2. The average molecular weight is 323 g/mol. The highest BCUT2D eigenvalue weighted by atomic mass is 19.1. The van der Waals surface area contributed by atoms with Gasteiger partial charge in [-0.2, -0.15) is 0 Å². The van der Waals surface area contributed by atoms with E-state index in [-0.39, 0.29) is 30.5 Å². The maximum absolute atomic E-state index is 13.3. The van der Waals surface area contributed by atoms with E-state index in [0.29, 0.717) is 6.54 Å². The molecule has 6 heteroatoms. The fraction of sp³-hybridized carbons (Fsp3) is 0.588. The van der Waals surface area contributed by atoms with Crippen LogP contribution in [0.25, 0.3) is 0 Å². The van der Waals surface area contributed by atoms with Crippen molar-refractivity contribution in [1.82, 2.24) is 10.2 Å².